The second-order valence-electron chi connectivity index (χ2n) is 4.53. The first-order chi connectivity index (χ1) is 8.25. The minimum Gasteiger partial charge on any atom is -0.374 e. The Morgan fingerprint density at radius 3 is 2.76 bits per heavy atom. The number of anilines is 1. The van der Waals surface area contributed by atoms with Crippen molar-refractivity contribution in [2.24, 2.45) is 0 Å². The lowest BCUT2D eigenvalue weighted by Crippen LogP contribution is -2.19. The highest BCUT2D eigenvalue weighted by molar-refractivity contribution is 7.80. The molecule has 0 bridgehead atoms. The normalized spacial score (nSPS) is 13.9. The van der Waals surface area contributed by atoms with Gasteiger partial charge in [-0.2, -0.15) is 0 Å². The van der Waals surface area contributed by atoms with Crippen molar-refractivity contribution in [3.8, 4) is 11.1 Å². The Kier molecular flexibility index (Phi) is 2.60. The summed E-state index contributed by atoms with van der Waals surface area (Å²) in [5, 5.41) is 0. The van der Waals surface area contributed by atoms with Crippen molar-refractivity contribution in [3.05, 3.63) is 48.0 Å². The van der Waals surface area contributed by atoms with Gasteiger partial charge in [-0.15, -0.1) is 12.6 Å². The highest BCUT2D eigenvalue weighted by Gasteiger charge is 2.16. The van der Waals surface area contributed by atoms with Crippen LogP contribution >= 0.6 is 12.6 Å². The van der Waals surface area contributed by atoms with Gasteiger partial charge in [0.15, 0.2) is 0 Å². The van der Waals surface area contributed by atoms with Crippen LogP contribution in [0.5, 0.6) is 0 Å². The van der Waals surface area contributed by atoms with Gasteiger partial charge in [0.25, 0.3) is 0 Å². The molecule has 1 nitrogen and oxygen atoms in total. The molecular weight excluding hydrogens is 226 g/mol. The van der Waals surface area contributed by atoms with E-state index in [9.17, 15) is 0 Å². The number of rotatable bonds is 0. The van der Waals surface area contributed by atoms with Crippen molar-refractivity contribution in [2.75, 3.05) is 18.5 Å². The van der Waals surface area contributed by atoms with E-state index >= 15 is 0 Å². The van der Waals surface area contributed by atoms with Gasteiger partial charge < -0.3 is 4.90 Å². The maximum atomic E-state index is 4.44. The van der Waals surface area contributed by atoms with Gasteiger partial charge in [0.2, 0.25) is 0 Å². The van der Waals surface area contributed by atoms with E-state index in [0.29, 0.717) is 0 Å². The van der Waals surface area contributed by atoms with E-state index in [0.717, 1.165) is 17.9 Å². The van der Waals surface area contributed by atoms with Gasteiger partial charge in [-0.3, -0.25) is 0 Å². The van der Waals surface area contributed by atoms with Crippen molar-refractivity contribution < 1.29 is 0 Å². The molecule has 1 heterocycles. The third kappa shape index (κ3) is 1.83. The molecule has 2 heteroatoms. The summed E-state index contributed by atoms with van der Waals surface area (Å²) in [4.78, 5) is 3.34. The molecule has 86 valence electrons. The first-order valence-electron chi connectivity index (χ1n) is 5.88. The largest absolute Gasteiger partial charge is 0.374 e. The molecule has 0 radical (unpaired) electrons. The Morgan fingerprint density at radius 1 is 1.06 bits per heavy atom. The van der Waals surface area contributed by atoms with Crippen LogP contribution in [0.1, 0.15) is 5.56 Å². The fourth-order valence-corrected chi connectivity index (χ4v) is 2.67. The van der Waals surface area contributed by atoms with Crippen LogP contribution in [0.3, 0.4) is 0 Å². The first kappa shape index (κ1) is 10.7. The van der Waals surface area contributed by atoms with E-state index in [2.05, 4.69) is 67.0 Å². The predicted molar refractivity (Wildman–Crippen MR) is 76.1 cm³/mol. The molecule has 0 amide bonds. The van der Waals surface area contributed by atoms with Crippen molar-refractivity contribution in [3.63, 3.8) is 0 Å². The standard InChI is InChI=1S/C15H15NS/c1-16-9-8-11-4-2-3-5-13(11)14-7-6-12(17)10-15(14)16/h2-7,10,17H,8-9H2,1H3. The fraction of sp³-hybridized carbons (Fsp3) is 0.200. The second kappa shape index (κ2) is 4.11. The minimum absolute atomic E-state index is 1.02. The van der Waals surface area contributed by atoms with Crippen molar-refractivity contribution in [1.29, 1.82) is 0 Å². The fourth-order valence-electron chi connectivity index (χ4n) is 2.47. The van der Waals surface area contributed by atoms with Gasteiger partial charge in [0.05, 0.1) is 0 Å². The van der Waals surface area contributed by atoms with Crippen LogP contribution in [0.2, 0.25) is 0 Å². The van der Waals surface area contributed by atoms with Crippen LogP contribution in [-0.2, 0) is 6.42 Å². The van der Waals surface area contributed by atoms with E-state index < -0.39 is 0 Å². The summed E-state index contributed by atoms with van der Waals surface area (Å²) in [6, 6.07) is 15.1. The van der Waals surface area contributed by atoms with Gasteiger partial charge in [-0.05, 0) is 29.7 Å². The van der Waals surface area contributed by atoms with Crippen LogP contribution in [0.15, 0.2) is 47.4 Å². The molecular formula is C15H15NS. The number of thiol groups is 1. The number of likely N-dealkylation sites (N-methyl/N-ethyl adjacent to an activating group) is 1. The van der Waals surface area contributed by atoms with Gasteiger partial charge in [0.1, 0.15) is 0 Å². The van der Waals surface area contributed by atoms with E-state index in [4.69, 9.17) is 0 Å². The summed E-state index contributed by atoms with van der Waals surface area (Å²) in [6.45, 7) is 1.06. The van der Waals surface area contributed by atoms with Crippen molar-refractivity contribution in [2.45, 2.75) is 11.3 Å². The Morgan fingerprint density at radius 2 is 1.88 bits per heavy atom. The average molecular weight is 241 g/mol. The molecule has 2 aromatic rings. The SMILES string of the molecule is CN1CCc2ccccc2-c2ccc(S)cc21. The molecule has 0 saturated heterocycles. The third-order valence-corrected chi connectivity index (χ3v) is 3.69. The Balaban J connectivity index is 2.28. The van der Waals surface area contributed by atoms with Gasteiger partial charge in [0, 0.05) is 29.7 Å². The third-order valence-electron chi connectivity index (χ3n) is 3.42. The molecule has 0 aromatic heterocycles. The van der Waals surface area contributed by atoms with Crippen LogP contribution < -0.4 is 4.90 Å². The molecule has 1 aliphatic heterocycles. The lowest BCUT2D eigenvalue weighted by atomic mass is 9.98. The lowest BCUT2D eigenvalue weighted by molar-refractivity contribution is 0.888. The topological polar surface area (TPSA) is 3.24 Å². The summed E-state index contributed by atoms with van der Waals surface area (Å²) in [6.07, 6.45) is 1.10. The van der Waals surface area contributed by atoms with Crippen molar-refractivity contribution in [1.82, 2.24) is 0 Å². The zero-order valence-electron chi connectivity index (χ0n) is 9.85. The second-order valence-corrected chi connectivity index (χ2v) is 5.05. The van der Waals surface area contributed by atoms with Crippen molar-refractivity contribution >= 4 is 18.3 Å². The first-order valence-corrected chi connectivity index (χ1v) is 6.33. The van der Waals surface area contributed by atoms with E-state index in [1.54, 1.807) is 0 Å². The maximum absolute atomic E-state index is 4.44. The molecule has 0 unspecified atom stereocenters. The molecule has 17 heavy (non-hydrogen) atoms. The number of fused-ring (bicyclic) bond motifs is 3. The summed E-state index contributed by atoms with van der Waals surface area (Å²) in [5.74, 6) is 0. The number of hydrogen-bond donors (Lipinski definition) is 1. The summed E-state index contributed by atoms with van der Waals surface area (Å²) < 4.78 is 0. The van der Waals surface area contributed by atoms with Gasteiger partial charge in [-0.1, -0.05) is 30.3 Å². The van der Waals surface area contributed by atoms with E-state index in [1.807, 2.05) is 0 Å². The molecule has 0 aliphatic carbocycles. The number of nitrogens with zero attached hydrogens (tertiary/aromatic N) is 1. The summed E-state index contributed by atoms with van der Waals surface area (Å²) >= 11 is 4.44. The highest BCUT2D eigenvalue weighted by atomic mass is 32.1. The Labute approximate surface area is 107 Å². The molecule has 0 saturated carbocycles. The van der Waals surface area contributed by atoms with Crippen LogP contribution in [0.4, 0.5) is 5.69 Å². The van der Waals surface area contributed by atoms with Gasteiger partial charge in [-0.25, -0.2) is 0 Å². The van der Waals surface area contributed by atoms with E-state index in [-0.39, 0.29) is 0 Å². The quantitative estimate of drug-likeness (QED) is 0.689. The highest BCUT2D eigenvalue weighted by Crippen LogP contribution is 2.36. The monoisotopic (exact) mass is 241 g/mol. The number of hydrogen-bond acceptors (Lipinski definition) is 2. The zero-order chi connectivity index (χ0) is 11.8. The Hall–Kier alpha value is -1.41. The summed E-state index contributed by atoms with van der Waals surface area (Å²) in [5.41, 5.74) is 5.39. The smallest absolute Gasteiger partial charge is 0.0454 e. The molecule has 3 rings (SSSR count). The molecule has 0 fully saturated rings. The zero-order valence-corrected chi connectivity index (χ0v) is 10.7. The minimum atomic E-state index is 1.02. The number of benzene rings is 2. The summed E-state index contributed by atoms with van der Waals surface area (Å²) in [7, 11) is 2.15. The van der Waals surface area contributed by atoms with E-state index in [1.165, 1.54) is 22.4 Å². The molecule has 0 spiro atoms. The maximum Gasteiger partial charge on any atom is 0.0454 e. The lowest BCUT2D eigenvalue weighted by Gasteiger charge is -2.19. The van der Waals surface area contributed by atoms with Crippen LogP contribution in [-0.4, -0.2) is 13.6 Å². The molecule has 1 aliphatic rings. The molecule has 0 N–H and O–H groups in total. The van der Waals surface area contributed by atoms with Crippen LogP contribution in [0, 0.1) is 0 Å². The molecule has 2 aromatic carbocycles. The average Bonchev–Trinajstić information content (AvgIpc) is 2.48. The van der Waals surface area contributed by atoms with Crippen LogP contribution in [0.25, 0.3) is 11.1 Å². The predicted octanol–water partition coefficient (Wildman–Crippen LogP) is 3.63. The molecule has 0 atom stereocenters. The Bertz CT molecular complexity index is 563. The van der Waals surface area contributed by atoms with Gasteiger partial charge >= 0.3 is 0 Å².